The van der Waals surface area contributed by atoms with Gasteiger partial charge in [-0.25, -0.2) is 0 Å². The second-order valence-electron chi connectivity index (χ2n) is 21.5. The van der Waals surface area contributed by atoms with Gasteiger partial charge in [0.15, 0.2) is 0 Å². The van der Waals surface area contributed by atoms with Crippen molar-refractivity contribution in [3.05, 3.63) is 215 Å². The summed E-state index contributed by atoms with van der Waals surface area (Å²) in [7, 11) is 0. The van der Waals surface area contributed by atoms with Crippen LogP contribution in [0.3, 0.4) is 0 Å². The van der Waals surface area contributed by atoms with Gasteiger partial charge in [-0.15, -0.1) is 0 Å². The standard InChI is InChI=1S/C68H48N6/c1-67(2,3)49-19-15-46(16-20-49)45-11-13-47(14-12-45)65-53-25-23-52(74-63-29-9-43(39-71)33-57(63)58-34-44(40-72)10-30-64(58)74)36-60(53)66(48-17-21-50(22-18-48)68(4,5)6)54-26-24-51(35-59(54)65)73-61-27-7-41(37-69)31-55(61)56-32-42(38-70)8-28-62(56)73/h7-36H,1-6H3. The maximum atomic E-state index is 10.0. The molecule has 6 heteroatoms. The monoisotopic (exact) mass is 948 g/mol. The average Bonchev–Trinajstić information content (AvgIpc) is 3.95. The Balaban J connectivity index is 1.18. The molecule has 0 aliphatic heterocycles. The molecule has 0 aliphatic rings. The maximum Gasteiger partial charge on any atom is 0.0991 e. The summed E-state index contributed by atoms with van der Waals surface area (Å²) in [6.07, 6.45) is 0. The summed E-state index contributed by atoms with van der Waals surface area (Å²) < 4.78 is 4.51. The Morgan fingerprint density at radius 2 is 0.568 bits per heavy atom. The van der Waals surface area contributed by atoms with Crippen molar-refractivity contribution in [3.63, 3.8) is 0 Å². The molecule has 2 aromatic heterocycles. The molecule has 0 fully saturated rings. The zero-order chi connectivity index (χ0) is 51.2. The van der Waals surface area contributed by atoms with Crippen LogP contribution in [0.2, 0.25) is 0 Å². The largest absolute Gasteiger partial charge is 0.309 e. The highest BCUT2D eigenvalue weighted by Crippen LogP contribution is 2.47. The summed E-state index contributed by atoms with van der Waals surface area (Å²) in [6.45, 7) is 13.4. The van der Waals surface area contributed by atoms with E-state index in [0.29, 0.717) is 22.3 Å². The molecule has 6 nitrogen and oxygen atoms in total. The molecule has 0 N–H and O–H groups in total. The average molecular weight is 949 g/mol. The number of nitriles is 4. The number of benzene rings is 10. The number of aromatic nitrogens is 2. The van der Waals surface area contributed by atoms with Crippen LogP contribution in [0.25, 0.3) is 110 Å². The molecule has 0 spiro atoms. The van der Waals surface area contributed by atoms with E-state index in [2.05, 4.69) is 184 Å². The van der Waals surface area contributed by atoms with Crippen LogP contribution in [0.1, 0.15) is 74.9 Å². The molecule has 12 rings (SSSR count). The topological polar surface area (TPSA) is 105 Å². The van der Waals surface area contributed by atoms with Crippen LogP contribution in [-0.2, 0) is 10.8 Å². The molecule has 0 radical (unpaired) electrons. The van der Waals surface area contributed by atoms with Crippen molar-refractivity contribution in [1.29, 1.82) is 21.0 Å². The zero-order valence-electron chi connectivity index (χ0n) is 42.0. The number of rotatable bonds is 5. The van der Waals surface area contributed by atoms with Gasteiger partial charge >= 0.3 is 0 Å². The summed E-state index contributed by atoms with van der Waals surface area (Å²) >= 11 is 0. The molecule has 10 aromatic carbocycles. The molecule has 12 aromatic rings. The van der Waals surface area contributed by atoms with Gasteiger partial charge in [-0.3, -0.25) is 0 Å². The van der Waals surface area contributed by atoms with Crippen LogP contribution in [0.5, 0.6) is 0 Å². The van der Waals surface area contributed by atoms with Gasteiger partial charge in [0.1, 0.15) is 0 Å². The number of fused-ring (bicyclic) bond motifs is 8. The molecule has 0 atom stereocenters. The SMILES string of the molecule is CC(C)(C)c1ccc(-c2ccc(-c3c4ccc(-n5c6ccc(C#N)cc6c6cc(C#N)ccc65)cc4c(-c4ccc(C(C)(C)C)cc4)c4ccc(-n5c6ccc(C#N)cc6c6cc(C#N)ccc65)cc34)cc2)cc1. The van der Waals surface area contributed by atoms with E-state index in [-0.39, 0.29) is 10.8 Å². The molecule has 0 unspecified atom stereocenters. The lowest BCUT2D eigenvalue weighted by Gasteiger charge is -2.22. The van der Waals surface area contributed by atoms with Crippen LogP contribution in [0, 0.1) is 45.3 Å². The number of hydrogen-bond acceptors (Lipinski definition) is 4. The van der Waals surface area contributed by atoms with E-state index in [9.17, 15) is 21.0 Å². The van der Waals surface area contributed by atoms with E-state index in [0.717, 1.165) is 110 Å². The van der Waals surface area contributed by atoms with Gasteiger partial charge in [-0.2, -0.15) is 21.0 Å². The Hall–Kier alpha value is -9.72. The van der Waals surface area contributed by atoms with Crippen LogP contribution in [0.4, 0.5) is 0 Å². The molecule has 74 heavy (non-hydrogen) atoms. The lowest BCUT2D eigenvalue weighted by Crippen LogP contribution is -2.10. The van der Waals surface area contributed by atoms with Gasteiger partial charge in [-0.1, -0.05) is 126 Å². The number of nitrogens with zero attached hydrogens (tertiary/aromatic N) is 6. The van der Waals surface area contributed by atoms with Gasteiger partial charge in [-0.05, 0) is 174 Å². The van der Waals surface area contributed by atoms with Crippen LogP contribution in [0.15, 0.2) is 182 Å². The molecule has 2 heterocycles. The smallest absolute Gasteiger partial charge is 0.0991 e. The first-order valence-electron chi connectivity index (χ1n) is 24.9. The fraction of sp³-hybridized carbons (Fsp3) is 0.118. The molecule has 0 saturated carbocycles. The molecule has 0 amide bonds. The van der Waals surface area contributed by atoms with Crippen molar-refractivity contribution in [2.75, 3.05) is 0 Å². The van der Waals surface area contributed by atoms with Crippen molar-refractivity contribution in [2.45, 2.75) is 52.4 Å². The second-order valence-corrected chi connectivity index (χ2v) is 21.5. The van der Waals surface area contributed by atoms with Gasteiger partial charge in [0.25, 0.3) is 0 Å². The predicted octanol–water partition coefficient (Wildman–Crippen LogP) is 17.3. The minimum atomic E-state index is -0.0485. The summed E-state index contributed by atoms with van der Waals surface area (Å²) in [6, 6.07) is 72.9. The van der Waals surface area contributed by atoms with Crippen molar-refractivity contribution in [2.24, 2.45) is 0 Å². The minimum Gasteiger partial charge on any atom is -0.309 e. The first kappa shape index (κ1) is 45.4. The van der Waals surface area contributed by atoms with E-state index < -0.39 is 0 Å². The quantitative estimate of drug-likeness (QED) is 0.160. The summed E-state index contributed by atoms with van der Waals surface area (Å²) in [4.78, 5) is 0. The minimum absolute atomic E-state index is 0.0474. The summed E-state index contributed by atoms with van der Waals surface area (Å²) in [5.74, 6) is 0. The van der Waals surface area contributed by atoms with E-state index in [1.807, 2.05) is 72.8 Å². The molecule has 0 aliphatic carbocycles. The van der Waals surface area contributed by atoms with Crippen molar-refractivity contribution in [3.8, 4) is 69.0 Å². The molecular formula is C68H48N6. The Morgan fingerprint density at radius 1 is 0.284 bits per heavy atom. The van der Waals surface area contributed by atoms with Crippen molar-refractivity contribution < 1.29 is 0 Å². The Morgan fingerprint density at radius 3 is 0.865 bits per heavy atom. The fourth-order valence-electron chi connectivity index (χ4n) is 11.1. The van der Waals surface area contributed by atoms with Crippen molar-refractivity contribution >= 4 is 65.2 Å². The maximum absolute atomic E-state index is 10.0. The van der Waals surface area contributed by atoms with Crippen LogP contribution >= 0.6 is 0 Å². The van der Waals surface area contributed by atoms with Gasteiger partial charge < -0.3 is 9.13 Å². The molecule has 0 saturated heterocycles. The number of hydrogen-bond donors (Lipinski definition) is 0. The third-order valence-electron chi connectivity index (χ3n) is 14.9. The first-order chi connectivity index (χ1) is 35.7. The Bertz CT molecular complexity index is 4360. The molecular weight excluding hydrogens is 901 g/mol. The fourth-order valence-corrected chi connectivity index (χ4v) is 11.1. The highest BCUT2D eigenvalue weighted by molar-refractivity contribution is 6.23. The van der Waals surface area contributed by atoms with Crippen molar-refractivity contribution in [1.82, 2.24) is 9.13 Å². The molecule has 0 bridgehead atoms. The van der Waals surface area contributed by atoms with E-state index >= 15 is 0 Å². The lowest BCUT2D eigenvalue weighted by atomic mass is 9.83. The van der Waals surface area contributed by atoms with Crippen LogP contribution in [-0.4, -0.2) is 9.13 Å². The third kappa shape index (κ3) is 7.36. The predicted molar refractivity (Wildman–Crippen MR) is 303 cm³/mol. The third-order valence-corrected chi connectivity index (χ3v) is 14.9. The highest BCUT2D eigenvalue weighted by atomic mass is 15.0. The molecule has 350 valence electrons. The Kier molecular flexibility index (Phi) is 10.4. The van der Waals surface area contributed by atoms with Crippen LogP contribution < -0.4 is 0 Å². The van der Waals surface area contributed by atoms with E-state index in [1.54, 1.807) is 0 Å². The van der Waals surface area contributed by atoms with E-state index in [4.69, 9.17) is 0 Å². The van der Waals surface area contributed by atoms with Gasteiger partial charge in [0.2, 0.25) is 0 Å². The first-order valence-corrected chi connectivity index (χ1v) is 24.9. The van der Waals surface area contributed by atoms with E-state index in [1.165, 1.54) is 11.1 Å². The zero-order valence-corrected chi connectivity index (χ0v) is 42.0. The lowest BCUT2D eigenvalue weighted by molar-refractivity contribution is 0.590. The van der Waals surface area contributed by atoms with Gasteiger partial charge in [0.05, 0.1) is 68.6 Å². The Labute approximate surface area is 430 Å². The summed E-state index contributed by atoms with van der Waals surface area (Å²) in [5, 5.41) is 48.0. The highest BCUT2D eigenvalue weighted by Gasteiger charge is 2.23. The summed E-state index contributed by atoms with van der Waals surface area (Å²) in [5.41, 5.74) is 17.1. The second kappa shape index (κ2) is 17.0. The normalized spacial score (nSPS) is 11.9. The van der Waals surface area contributed by atoms with Gasteiger partial charge in [0, 0.05) is 32.9 Å².